The van der Waals surface area contributed by atoms with Gasteiger partial charge in [0.05, 0.1) is 0 Å². The van der Waals surface area contributed by atoms with Gasteiger partial charge in [0.15, 0.2) is 0 Å². The van der Waals surface area contributed by atoms with Crippen molar-refractivity contribution in [2.24, 2.45) is 5.92 Å². The number of likely N-dealkylation sites (tertiary alicyclic amines) is 1. The van der Waals surface area contributed by atoms with Gasteiger partial charge in [-0.1, -0.05) is 19.1 Å². The molecular formula is C14H18ClNO. The van der Waals surface area contributed by atoms with E-state index in [4.69, 9.17) is 11.6 Å². The molecule has 0 N–H and O–H groups in total. The molecule has 2 rings (SSSR count). The van der Waals surface area contributed by atoms with Crippen LogP contribution >= 0.6 is 11.6 Å². The third kappa shape index (κ3) is 3.55. The highest BCUT2D eigenvalue weighted by atomic mass is 35.5. The summed E-state index contributed by atoms with van der Waals surface area (Å²) in [5.74, 6) is 0.863. The molecule has 1 aliphatic rings. The monoisotopic (exact) mass is 251 g/mol. The Kier molecular flexibility index (Phi) is 4.19. The summed E-state index contributed by atoms with van der Waals surface area (Å²) in [6.45, 7) is 5.65. The second-order valence-corrected chi connectivity index (χ2v) is 5.27. The first-order valence-electron chi connectivity index (χ1n) is 6.16. The fraction of sp³-hybridized carbons (Fsp3) is 0.500. The topological polar surface area (TPSA) is 20.3 Å². The Labute approximate surface area is 108 Å². The van der Waals surface area contributed by atoms with Crippen LogP contribution in [-0.2, 0) is 6.54 Å². The van der Waals surface area contributed by atoms with E-state index in [-0.39, 0.29) is 5.24 Å². The Morgan fingerprint density at radius 1 is 1.29 bits per heavy atom. The number of hydrogen-bond donors (Lipinski definition) is 0. The first-order valence-corrected chi connectivity index (χ1v) is 6.54. The predicted molar refractivity (Wildman–Crippen MR) is 70.3 cm³/mol. The molecule has 0 aromatic heterocycles. The smallest absolute Gasteiger partial charge is 0.252 e. The van der Waals surface area contributed by atoms with Crippen molar-refractivity contribution in [3.8, 4) is 0 Å². The molecule has 2 nitrogen and oxygen atoms in total. The molecule has 0 radical (unpaired) electrons. The van der Waals surface area contributed by atoms with Gasteiger partial charge in [-0.15, -0.1) is 0 Å². The summed E-state index contributed by atoms with van der Waals surface area (Å²) in [6, 6.07) is 7.59. The molecule has 1 heterocycles. The number of piperidine rings is 1. The molecule has 0 aliphatic carbocycles. The summed E-state index contributed by atoms with van der Waals surface area (Å²) in [5, 5.41) is -0.386. The Bertz CT molecular complexity index is 380. The molecule has 1 saturated heterocycles. The second-order valence-electron chi connectivity index (χ2n) is 4.93. The van der Waals surface area contributed by atoms with Crippen molar-refractivity contribution >= 4 is 16.8 Å². The number of benzene rings is 1. The van der Waals surface area contributed by atoms with Crippen LogP contribution in [0.3, 0.4) is 0 Å². The van der Waals surface area contributed by atoms with Crippen LogP contribution in [-0.4, -0.2) is 23.2 Å². The first-order chi connectivity index (χ1) is 8.15. The minimum atomic E-state index is -0.386. The number of rotatable bonds is 3. The van der Waals surface area contributed by atoms with Gasteiger partial charge in [0, 0.05) is 12.1 Å². The molecule has 0 saturated carbocycles. The summed E-state index contributed by atoms with van der Waals surface area (Å²) in [6.07, 6.45) is 2.58. The van der Waals surface area contributed by atoms with E-state index in [1.54, 1.807) is 12.1 Å². The van der Waals surface area contributed by atoms with Gasteiger partial charge in [-0.25, -0.2) is 0 Å². The molecule has 0 atom stereocenters. The van der Waals surface area contributed by atoms with E-state index in [2.05, 4.69) is 11.8 Å². The van der Waals surface area contributed by atoms with Gasteiger partial charge in [0.1, 0.15) is 0 Å². The average Bonchev–Trinajstić information content (AvgIpc) is 2.33. The van der Waals surface area contributed by atoms with E-state index < -0.39 is 0 Å². The maximum absolute atomic E-state index is 10.9. The Hall–Kier alpha value is -0.860. The van der Waals surface area contributed by atoms with E-state index in [0.29, 0.717) is 5.56 Å². The Balaban J connectivity index is 1.92. The van der Waals surface area contributed by atoms with Crippen LogP contribution in [0.4, 0.5) is 0 Å². The van der Waals surface area contributed by atoms with Crippen molar-refractivity contribution in [3.63, 3.8) is 0 Å². The molecule has 1 aliphatic heterocycles. The molecule has 1 aromatic carbocycles. The van der Waals surface area contributed by atoms with Crippen LogP contribution < -0.4 is 0 Å². The van der Waals surface area contributed by atoms with Crippen molar-refractivity contribution in [2.45, 2.75) is 26.3 Å². The highest BCUT2D eigenvalue weighted by Crippen LogP contribution is 2.18. The molecular weight excluding hydrogens is 234 g/mol. The number of hydrogen-bond acceptors (Lipinski definition) is 2. The van der Waals surface area contributed by atoms with E-state index in [1.807, 2.05) is 12.1 Å². The van der Waals surface area contributed by atoms with E-state index in [9.17, 15) is 4.79 Å². The molecule has 0 spiro atoms. The van der Waals surface area contributed by atoms with Crippen LogP contribution in [0.15, 0.2) is 24.3 Å². The van der Waals surface area contributed by atoms with Crippen molar-refractivity contribution < 1.29 is 4.79 Å². The molecule has 0 amide bonds. The lowest BCUT2D eigenvalue weighted by Crippen LogP contribution is -2.32. The maximum atomic E-state index is 10.9. The van der Waals surface area contributed by atoms with Crippen molar-refractivity contribution in [3.05, 3.63) is 35.4 Å². The average molecular weight is 252 g/mol. The standard InChI is InChI=1S/C14H18ClNO/c1-11-6-8-16(9-7-11)10-12-2-4-13(5-3-12)14(15)17/h2-5,11H,6-10H2,1H3. The SMILES string of the molecule is CC1CCN(Cc2ccc(C(=O)Cl)cc2)CC1. The maximum Gasteiger partial charge on any atom is 0.252 e. The summed E-state index contributed by atoms with van der Waals surface area (Å²) < 4.78 is 0. The molecule has 92 valence electrons. The van der Waals surface area contributed by atoms with Crippen molar-refractivity contribution in [1.29, 1.82) is 0 Å². The van der Waals surface area contributed by atoms with Crippen LogP contribution in [0.1, 0.15) is 35.7 Å². The number of nitrogens with zero attached hydrogens (tertiary/aromatic N) is 1. The first kappa shape index (κ1) is 12.6. The second kappa shape index (κ2) is 5.65. The molecule has 0 unspecified atom stereocenters. The van der Waals surface area contributed by atoms with Gasteiger partial charge >= 0.3 is 0 Å². The third-order valence-corrected chi connectivity index (χ3v) is 3.68. The predicted octanol–water partition coefficient (Wildman–Crippen LogP) is 3.30. The number of halogens is 1. The fourth-order valence-electron chi connectivity index (χ4n) is 2.22. The lowest BCUT2D eigenvalue weighted by Gasteiger charge is -2.30. The highest BCUT2D eigenvalue weighted by molar-refractivity contribution is 6.67. The zero-order chi connectivity index (χ0) is 12.3. The minimum absolute atomic E-state index is 0.386. The zero-order valence-corrected chi connectivity index (χ0v) is 10.9. The summed E-state index contributed by atoms with van der Waals surface area (Å²) in [5.41, 5.74) is 1.82. The van der Waals surface area contributed by atoms with Gasteiger partial charge in [-0.2, -0.15) is 0 Å². The van der Waals surface area contributed by atoms with Crippen LogP contribution in [0.5, 0.6) is 0 Å². The lowest BCUT2D eigenvalue weighted by molar-refractivity contribution is 0.108. The lowest BCUT2D eigenvalue weighted by atomic mass is 9.99. The Morgan fingerprint density at radius 2 is 1.88 bits per heavy atom. The van der Waals surface area contributed by atoms with Gasteiger partial charge in [-0.3, -0.25) is 9.69 Å². The zero-order valence-electron chi connectivity index (χ0n) is 10.2. The third-order valence-electron chi connectivity index (χ3n) is 3.46. The van der Waals surface area contributed by atoms with Crippen LogP contribution in [0.2, 0.25) is 0 Å². The van der Waals surface area contributed by atoms with Crippen molar-refractivity contribution in [1.82, 2.24) is 4.90 Å². The van der Waals surface area contributed by atoms with Gasteiger partial charge in [0.2, 0.25) is 0 Å². The van der Waals surface area contributed by atoms with E-state index in [0.717, 1.165) is 12.5 Å². The van der Waals surface area contributed by atoms with Gasteiger partial charge in [0.25, 0.3) is 5.24 Å². The molecule has 0 bridgehead atoms. The summed E-state index contributed by atoms with van der Waals surface area (Å²) in [7, 11) is 0. The van der Waals surface area contributed by atoms with E-state index in [1.165, 1.54) is 31.5 Å². The number of carbonyl (C=O) groups is 1. The number of carbonyl (C=O) groups excluding carboxylic acids is 1. The fourth-order valence-corrected chi connectivity index (χ4v) is 2.35. The van der Waals surface area contributed by atoms with E-state index >= 15 is 0 Å². The minimum Gasteiger partial charge on any atom is -0.299 e. The van der Waals surface area contributed by atoms with Crippen LogP contribution in [0.25, 0.3) is 0 Å². The normalized spacial score (nSPS) is 18.2. The molecule has 17 heavy (non-hydrogen) atoms. The molecule has 1 fully saturated rings. The van der Waals surface area contributed by atoms with Crippen molar-refractivity contribution in [2.75, 3.05) is 13.1 Å². The summed E-state index contributed by atoms with van der Waals surface area (Å²) in [4.78, 5) is 13.4. The van der Waals surface area contributed by atoms with Gasteiger partial charge in [-0.05, 0) is 61.1 Å². The molecule has 3 heteroatoms. The largest absolute Gasteiger partial charge is 0.299 e. The highest BCUT2D eigenvalue weighted by Gasteiger charge is 2.15. The quantitative estimate of drug-likeness (QED) is 0.769. The summed E-state index contributed by atoms with van der Waals surface area (Å²) >= 11 is 5.41. The Morgan fingerprint density at radius 3 is 2.41 bits per heavy atom. The van der Waals surface area contributed by atoms with Crippen LogP contribution in [0, 0.1) is 5.92 Å². The van der Waals surface area contributed by atoms with Gasteiger partial charge < -0.3 is 0 Å². The molecule has 1 aromatic rings.